The molecule has 154 valence electrons. The second-order valence-corrected chi connectivity index (χ2v) is 6.92. The first-order chi connectivity index (χ1) is 13.8. The fraction of sp³-hybridized carbons (Fsp3) is 0.619. The second-order valence-electron chi connectivity index (χ2n) is 6.92. The highest BCUT2D eigenvalue weighted by Gasteiger charge is 2.10. The molecule has 0 amide bonds. The van der Waals surface area contributed by atoms with Crippen molar-refractivity contribution in [1.82, 2.24) is 25.8 Å². The van der Waals surface area contributed by atoms with Crippen molar-refractivity contribution in [2.45, 2.75) is 59.3 Å². The molecule has 28 heavy (non-hydrogen) atoms. The first kappa shape index (κ1) is 21.9. The van der Waals surface area contributed by atoms with Crippen LogP contribution < -0.4 is 10.6 Å². The molecule has 0 aliphatic carbocycles. The van der Waals surface area contributed by atoms with Gasteiger partial charge in [-0.3, -0.25) is 9.98 Å². The van der Waals surface area contributed by atoms with Gasteiger partial charge in [0.25, 0.3) is 5.89 Å². The molecule has 0 saturated heterocycles. The number of nitrogens with zero attached hydrogens (tertiary/aromatic N) is 4. The van der Waals surface area contributed by atoms with Crippen molar-refractivity contribution in [1.29, 1.82) is 0 Å². The van der Waals surface area contributed by atoms with Crippen molar-refractivity contribution in [3.05, 3.63) is 30.2 Å². The van der Waals surface area contributed by atoms with E-state index in [2.05, 4.69) is 46.5 Å². The van der Waals surface area contributed by atoms with Crippen molar-refractivity contribution in [2.75, 3.05) is 19.6 Å². The fourth-order valence-electron chi connectivity index (χ4n) is 3.03. The van der Waals surface area contributed by atoms with E-state index in [1.165, 1.54) is 32.1 Å². The summed E-state index contributed by atoms with van der Waals surface area (Å²) >= 11 is 0. The zero-order valence-electron chi connectivity index (χ0n) is 17.4. The predicted octanol–water partition coefficient (Wildman–Crippen LogP) is 3.84. The number of hydrogen-bond acceptors (Lipinski definition) is 5. The number of aliphatic imine (C=N–C) groups is 1. The summed E-state index contributed by atoms with van der Waals surface area (Å²) in [4.78, 5) is 13.4. The van der Waals surface area contributed by atoms with Crippen LogP contribution in [-0.2, 0) is 6.42 Å². The first-order valence-electron chi connectivity index (χ1n) is 10.5. The van der Waals surface area contributed by atoms with E-state index >= 15 is 0 Å². The Balaban J connectivity index is 1.84. The maximum absolute atomic E-state index is 5.30. The van der Waals surface area contributed by atoms with E-state index in [1.807, 2.05) is 18.2 Å². The van der Waals surface area contributed by atoms with Crippen LogP contribution in [0.3, 0.4) is 0 Å². The van der Waals surface area contributed by atoms with Gasteiger partial charge in [-0.25, -0.2) is 0 Å². The normalized spacial score (nSPS) is 12.8. The van der Waals surface area contributed by atoms with Crippen LogP contribution >= 0.6 is 0 Å². The quantitative estimate of drug-likeness (QED) is 0.426. The average Bonchev–Trinajstić information content (AvgIpc) is 3.19. The van der Waals surface area contributed by atoms with Gasteiger partial charge in [0.05, 0.1) is 0 Å². The minimum Gasteiger partial charge on any atom is -0.357 e. The van der Waals surface area contributed by atoms with E-state index in [0.29, 0.717) is 36.3 Å². The molecule has 0 aliphatic rings. The molecule has 0 aliphatic heterocycles. The molecule has 2 heterocycles. The molecule has 0 saturated carbocycles. The molecule has 7 nitrogen and oxygen atoms in total. The summed E-state index contributed by atoms with van der Waals surface area (Å²) in [5.41, 5.74) is 0.693. The second kappa shape index (κ2) is 12.9. The molecule has 2 aromatic heterocycles. The number of pyridine rings is 1. The van der Waals surface area contributed by atoms with Crippen LogP contribution in [0.25, 0.3) is 11.6 Å². The molecule has 0 spiro atoms. The standard InChI is InChI=1S/C21H34N6O/c1-4-7-11-17(10-5-2)16-25-21(22-6-3)24-15-13-19-26-20(28-27-19)18-12-8-9-14-23-18/h8-9,12,14,17H,4-7,10-11,13,15-16H2,1-3H3,(H2,22,24,25). The maximum atomic E-state index is 5.30. The van der Waals surface area contributed by atoms with Crippen molar-refractivity contribution in [2.24, 2.45) is 10.9 Å². The summed E-state index contributed by atoms with van der Waals surface area (Å²) < 4.78 is 5.30. The summed E-state index contributed by atoms with van der Waals surface area (Å²) in [5, 5.41) is 10.7. The van der Waals surface area contributed by atoms with Crippen molar-refractivity contribution < 1.29 is 4.52 Å². The van der Waals surface area contributed by atoms with Crippen LogP contribution in [0.1, 0.15) is 58.7 Å². The number of guanidine groups is 1. The summed E-state index contributed by atoms with van der Waals surface area (Å²) in [5.74, 6) is 2.64. The van der Waals surface area contributed by atoms with Gasteiger partial charge in [-0.2, -0.15) is 4.98 Å². The molecular formula is C21H34N6O. The topological polar surface area (TPSA) is 88.2 Å². The molecule has 2 rings (SSSR count). The van der Waals surface area contributed by atoms with E-state index in [0.717, 1.165) is 19.0 Å². The Labute approximate surface area is 168 Å². The van der Waals surface area contributed by atoms with Crippen LogP contribution in [0, 0.1) is 5.92 Å². The van der Waals surface area contributed by atoms with Crippen molar-refractivity contribution >= 4 is 5.96 Å². The molecule has 2 N–H and O–H groups in total. The Morgan fingerprint density at radius 3 is 2.75 bits per heavy atom. The Morgan fingerprint density at radius 2 is 2.04 bits per heavy atom. The highest BCUT2D eigenvalue weighted by molar-refractivity contribution is 5.79. The molecule has 7 heteroatoms. The molecule has 2 aromatic rings. The lowest BCUT2D eigenvalue weighted by Gasteiger charge is -2.15. The molecule has 1 atom stereocenters. The summed E-state index contributed by atoms with van der Waals surface area (Å²) in [7, 11) is 0. The van der Waals surface area contributed by atoms with Gasteiger partial charge in [0.1, 0.15) is 5.69 Å². The number of unbranched alkanes of at least 4 members (excludes halogenated alkanes) is 1. The van der Waals surface area contributed by atoms with Gasteiger partial charge in [0, 0.05) is 32.3 Å². The van der Waals surface area contributed by atoms with Gasteiger partial charge < -0.3 is 15.2 Å². The third kappa shape index (κ3) is 7.66. The van der Waals surface area contributed by atoms with Crippen LogP contribution in [0.4, 0.5) is 0 Å². The SMILES string of the molecule is CCCCC(CCC)CN=C(NCC)NCCc1noc(-c2ccccn2)n1. The summed E-state index contributed by atoms with van der Waals surface area (Å²) in [6.07, 6.45) is 8.61. The minimum absolute atomic E-state index is 0.453. The van der Waals surface area contributed by atoms with Gasteiger partial charge in [0.2, 0.25) is 0 Å². The number of aromatic nitrogens is 3. The third-order valence-electron chi connectivity index (χ3n) is 4.51. The van der Waals surface area contributed by atoms with Crippen LogP contribution in [0.2, 0.25) is 0 Å². The van der Waals surface area contributed by atoms with Crippen LogP contribution in [0.15, 0.2) is 33.9 Å². The number of hydrogen-bond donors (Lipinski definition) is 2. The Kier molecular flexibility index (Phi) is 10.0. The van der Waals surface area contributed by atoms with Crippen LogP contribution in [0.5, 0.6) is 0 Å². The zero-order chi connectivity index (χ0) is 20.0. The van der Waals surface area contributed by atoms with E-state index in [9.17, 15) is 0 Å². The van der Waals surface area contributed by atoms with E-state index < -0.39 is 0 Å². The maximum Gasteiger partial charge on any atom is 0.276 e. The number of nitrogens with one attached hydrogen (secondary N) is 2. The highest BCUT2D eigenvalue weighted by atomic mass is 16.5. The lowest BCUT2D eigenvalue weighted by atomic mass is 9.97. The monoisotopic (exact) mass is 386 g/mol. The molecular weight excluding hydrogens is 352 g/mol. The lowest BCUT2D eigenvalue weighted by molar-refractivity contribution is 0.421. The predicted molar refractivity (Wildman–Crippen MR) is 113 cm³/mol. The van der Waals surface area contributed by atoms with Gasteiger partial charge in [0.15, 0.2) is 11.8 Å². The highest BCUT2D eigenvalue weighted by Crippen LogP contribution is 2.15. The Hall–Kier alpha value is -2.44. The minimum atomic E-state index is 0.453. The van der Waals surface area contributed by atoms with Gasteiger partial charge in [-0.15, -0.1) is 0 Å². The molecule has 1 unspecified atom stereocenters. The van der Waals surface area contributed by atoms with Crippen molar-refractivity contribution in [3.63, 3.8) is 0 Å². The van der Waals surface area contributed by atoms with E-state index in [1.54, 1.807) is 6.20 Å². The lowest BCUT2D eigenvalue weighted by Crippen LogP contribution is -2.38. The molecule has 0 fully saturated rings. The largest absolute Gasteiger partial charge is 0.357 e. The first-order valence-corrected chi connectivity index (χ1v) is 10.5. The average molecular weight is 387 g/mol. The summed E-state index contributed by atoms with van der Waals surface area (Å²) in [6, 6.07) is 5.62. The summed E-state index contributed by atoms with van der Waals surface area (Å²) in [6.45, 7) is 8.97. The smallest absolute Gasteiger partial charge is 0.276 e. The number of rotatable bonds is 12. The van der Waals surface area contributed by atoms with Crippen LogP contribution in [-0.4, -0.2) is 40.7 Å². The van der Waals surface area contributed by atoms with Crippen molar-refractivity contribution in [3.8, 4) is 11.6 Å². The molecule has 0 radical (unpaired) electrons. The Bertz CT molecular complexity index is 685. The van der Waals surface area contributed by atoms with Gasteiger partial charge in [-0.05, 0) is 37.8 Å². The zero-order valence-corrected chi connectivity index (χ0v) is 17.4. The fourth-order valence-corrected chi connectivity index (χ4v) is 3.03. The third-order valence-corrected chi connectivity index (χ3v) is 4.51. The molecule has 0 bridgehead atoms. The Morgan fingerprint density at radius 1 is 1.14 bits per heavy atom. The van der Waals surface area contributed by atoms with E-state index in [-0.39, 0.29) is 0 Å². The van der Waals surface area contributed by atoms with Gasteiger partial charge >= 0.3 is 0 Å². The van der Waals surface area contributed by atoms with Gasteiger partial charge in [-0.1, -0.05) is 44.3 Å². The molecule has 0 aromatic carbocycles. The van der Waals surface area contributed by atoms with E-state index in [4.69, 9.17) is 9.52 Å².